The van der Waals surface area contributed by atoms with Crippen LogP contribution >= 0.6 is 12.2 Å². The van der Waals surface area contributed by atoms with Crippen molar-refractivity contribution in [2.24, 2.45) is 16.5 Å². The van der Waals surface area contributed by atoms with E-state index in [0.29, 0.717) is 5.11 Å². The zero-order chi connectivity index (χ0) is 14.3. The van der Waals surface area contributed by atoms with Crippen molar-refractivity contribution in [3.8, 4) is 0 Å². The molecule has 0 amide bonds. The van der Waals surface area contributed by atoms with Crippen LogP contribution in [0.5, 0.6) is 0 Å². The molecule has 0 aliphatic rings. The molecule has 0 aromatic carbocycles. The third kappa shape index (κ3) is 15.1. The lowest BCUT2D eigenvalue weighted by molar-refractivity contribution is 0.130. The monoisotopic (exact) mass is 288 g/mol. The SMILES string of the molecule is CCCOCCCCCCCCNC(=S)N=C(N)N. The molecule has 0 aromatic heterocycles. The molecule has 0 rings (SSSR count). The number of rotatable bonds is 11. The second kappa shape index (κ2) is 13.5. The van der Waals surface area contributed by atoms with Crippen molar-refractivity contribution in [3.63, 3.8) is 0 Å². The van der Waals surface area contributed by atoms with Crippen molar-refractivity contribution in [2.75, 3.05) is 19.8 Å². The number of unbranched alkanes of at least 4 members (excludes halogenated alkanes) is 5. The van der Waals surface area contributed by atoms with E-state index in [1.165, 1.54) is 32.1 Å². The predicted molar refractivity (Wildman–Crippen MR) is 85.2 cm³/mol. The van der Waals surface area contributed by atoms with Gasteiger partial charge in [-0.15, -0.1) is 0 Å². The van der Waals surface area contributed by atoms with E-state index in [0.717, 1.165) is 32.6 Å². The van der Waals surface area contributed by atoms with Gasteiger partial charge in [0, 0.05) is 19.8 Å². The maximum Gasteiger partial charge on any atom is 0.196 e. The molecule has 0 fully saturated rings. The maximum absolute atomic E-state index is 5.43. The van der Waals surface area contributed by atoms with Gasteiger partial charge >= 0.3 is 0 Å². The number of nitrogens with one attached hydrogen (secondary N) is 1. The van der Waals surface area contributed by atoms with E-state index in [1.54, 1.807) is 0 Å². The molecular formula is C13H28N4OS. The zero-order valence-corrected chi connectivity index (χ0v) is 12.8. The standard InChI is InChI=1S/C13H28N4OS/c1-2-10-18-11-8-6-4-3-5-7-9-16-13(19)17-12(14)15/h2-11H2,1H3,(H5,14,15,16,17,19). The normalized spacial score (nSPS) is 10.2. The molecule has 0 bridgehead atoms. The van der Waals surface area contributed by atoms with Crippen LogP contribution in [0, 0.1) is 0 Å². The van der Waals surface area contributed by atoms with E-state index in [1.807, 2.05) is 0 Å². The smallest absolute Gasteiger partial charge is 0.196 e. The molecule has 112 valence electrons. The molecule has 6 heteroatoms. The molecule has 0 aliphatic carbocycles. The van der Waals surface area contributed by atoms with Crippen molar-refractivity contribution < 1.29 is 4.74 Å². The fraction of sp³-hybridized carbons (Fsp3) is 0.846. The van der Waals surface area contributed by atoms with Gasteiger partial charge in [-0.2, -0.15) is 4.99 Å². The van der Waals surface area contributed by atoms with E-state index < -0.39 is 0 Å². The van der Waals surface area contributed by atoms with Crippen LogP contribution in [0.15, 0.2) is 4.99 Å². The minimum Gasteiger partial charge on any atom is -0.381 e. The fourth-order valence-corrected chi connectivity index (χ4v) is 1.84. The first-order chi connectivity index (χ1) is 9.16. The number of aliphatic imine (C=N–C) groups is 1. The topological polar surface area (TPSA) is 85.7 Å². The van der Waals surface area contributed by atoms with Gasteiger partial charge in [-0.25, -0.2) is 0 Å². The summed E-state index contributed by atoms with van der Waals surface area (Å²) in [5.41, 5.74) is 10.4. The number of hydrogen-bond acceptors (Lipinski definition) is 2. The number of nitrogens with zero attached hydrogens (tertiary/aromatic N) is 1. The van der Waals surface area contributed by atoms with Gasteiger partial charge in [-0.3, -0.25) is 0 Å². The molecule has 0 atom stereocenters. The van der Waals surface area contributed by atoms with Crippen molar-refractivity contribution in [1.82, 2.24) is 5.32 Å². The summed E-state index contributed by atoms with van der Waals surface area (Å²) in [7, 11) is 0. The Bertz CT molecular complexity index is 255. The Morgan fingerprint density at radius 2 is 1.68 bits per heavy atom. The Balaban J connectivity index is 3.15. The van der Waals surface area contributed by atoms with Crippen LogP contribution in [0.2, 0.25) is 0 Å². The Morgan fingerprint density at radius 1 is 1.05 bits per heavy atom. The first-order valence-corrected chi connectivity index (χ1v) is 7.52. The summed E-state index contributed by atoms with van der Waals surface area (Å²) in [6, 6.07) is 0. The van der Waals surface area contributed by atoms with Gasteiger partial charge in [0.05, 0.1) is 0 Å². The van der Waals surface area contributed by atoms with E-state index in [4.69, 9.17) is 28.4 Å². The molecule has 0 heterocycles. The largest absolute Gasteiger partial charge is 0.381 e. The average molecular weight is 288 g/mol. The lowest BCUT2D eigenvalue weighted by Gasteiger charge is -2.05. The Labute approximate surface area is 122 Å². The summed E-state index contributed by atoms with van der Waals surface area (Å²) >= 11 is 4.93. The highest BCUT2D eigenvalue weighted by molar-refractivity contribution is 7.80. The van der Waals surface area contributed by atoms with E-state index in [9.17, 15) is 0 Å². The minimum absolute atomic E-state index is 0.00259. The zero-order valence-electron chi connectivity index (χ0n) is 12.0. The Kier molecular flexibility index (Phi) is 12.9. The number of ether oxygens (including phenoxy) is 1. The third-order valence-corrected chi connectivity index (χ3v) is 2.81. The third-order valence-electron chi connectivity index (χ3n) is 2.57. The molecule has 0 saturated carbocycles. The van der Waals surface area contributed by atoms with Crippen LogP contribution in [0.1, 0.15) is 51.9 Å². The van der Waals surface area contributed by atoms with Gasteiger partial charge in [0.15, 0.2) is 11.1 Å². The van der Waals surface area contributed by atoms with Crippen molar-refractivity contribution in [1.29, 1.82) is 0 Å². The lowest BCUT2D eigenvalue weighted by Crippen LogP contribution is -2.28. The van der Waals surface area contributed by atoms with Crippen LogP contribution in [0.4, 0.5) is 0 Å². The predicted octanol–water partition coefficient (Wildman–Crippen LogP) is 1.90. The molecule has 5 nitrogen and oxygen atoms in total. The second-order valence-corrected chi connectivity index (χ2v) is 4.89. The summed E-state index contributed by atoms with van der Waals surface area (Å²) in [5, 5.41) is 3.37. The lowest BCUT2D eigenvalue weighted by atomic mass is 10.1. The van der Waals surface area contributed by atoms with Crippen molar-refractivity contribution >= 4 is 23.3 Å². The molecule has 0 saturated heterocycles. The molecule has 19 heavy (non-hydrogen) atoms. The summed E-state index contributed by atoms with van der Waals surface area (Å²) < 4.78 is 5.43. The van der Waals surface area contributed by atoms with Crippen LogP contribution in [-0.4, -0.2) is 30.8 Å². The van der Waals surface area contributed by atoms with Gasteiger partial charge in [-0.05, 0) is 31.5 Å². The van der Waals surface area contributed by atoms with Crippen molar-refractivity contribution in [3.05, 3.63) is 0 Å². The summed E-state index contributed by atoms with van der Waals surface area (Å²) in [5.74, 6) is 0.00259. The van der Waals surface area contributed by atoms with Gasteiger partial charge in [0.2, 0.25) is 0 Å². The minimum atomic E-state index is 0.00259. The number of guanidine groups is 1. The summed E-state index contributed by atoms with van der Waals surface area (Å²) in [4.78, 5) is 3.74. The molecule has 0 aromatic rings. The first kappa shape index (κ1) is 18.1. The fourth-order valence-electron chi connectivity index (χ4n) is 1.63. The molecule has 0 spiro atoms. The maximum atomic E-state index is 5.43. The average Bonchev–Trinajstić information content (AvgIpc) is 2.35. The number of thiocarbonyl (C=S) groups is 1. The van der Waals surface area contributed by atoms with E-state index in [2.05, 4.69) is 17.2 Å². The van der Waals surface area contributed by atoms with Crippen LogP contribution in [0.3, 0.4) is 0 Å². The molecule has 0 radical (unpaired) electrons. The molecule has 0 unspecified atom stereocenters. The second-order valence-electron chi connectivity index (χ2n) is 4.50. The number of nitrogens with two attached hydrogens (primary N) is 2. The van der Waals surface area contributed by atoms with Gasteiger partial charge in [-0.1, -0.05) is 32.6 Å². The van der Waals surface area contributed by atoms with Crippen molar-refractivity contribution in [2.45, 2.75) is 51.9 Å². The van der Waals surface area contributed by atoms with Crippen LogP contribution in [-0.2, 0) is 4.74 Å². The molecule has 0 aliphatic heterocycles. The highest BCUT2D eigenvalue weighted by Crippen LogP contribution is 2.05. The first-order valence-electron chi connectivity index (χ1n) is 7.12. The summed E-state index contributed by atoms with van der Waals surface area (Å²) in [6.45, 7) is 4.76. The summed E-state index contributed by atoms with van der Waals surface area (Å²) in [6.07, 6.45) is 8.35. The number of hydrogen-bond donors (Lipinski definition) is 3. The highest BCUT2D eigenvalue weighted by atomic mass is 32.1. The highest BCUT2D eigenvalue weighted by Gasteiger charge is 1.94. The molecular weight excluding hydrogens is 260 g/mol. The van der Waals surface area contributed by atoms with E-state index >= 15 is 0 Å². The van der Waals surface area contributed by atoms with Gasteiger partial charge < -0.3 is 21.5 Å². The quantitative estimate of drug-likeness (QED) is 0.234. The van der Waals surface area contributed by atoms with Crippen LogP contribution in [0.25, 0.3) is 0 Å². The Hall–Kier alpha value is -0.880. The molecule has 5 N–H and O–H groups in total. The van der Waals surface area contributed by atoms with Crippen LogP contribution < -0.4 is 16.8 Å². The van der Waals surface area contributed by atoms with Gasteiger partial charge in [0.25, 0.3) is 0 Å². The Morgan fingerprint density at radius 3 is 2.32 bits per heavy atom. The van der Waals surface area contributed by atoms with E-state index in [-0.39, 0.29) is 5.96 Å². The van der Waals surface area contributed by atoms with Gasteiger partial charge in [0.1, 0.15) is 0 Å².